The van der Waals surface area contributed by atoms with Gasteiger partial charge in [0.05, 0.1) is 6.20 Å². The summed E-state index contributed by atoms with van der Waals surface area (Å²) in [6.45, 7) is 3.64. The summed E-state index contributed by atoms with van der Waals surface area (Å²) in [5.74, 6) is 0. The molecule has 0 aliphatic heterocycles. The van der Waals surface area contributed by atoms with E-state index in [-0.39, 0.29) is 6.04 Å². The van der Waals surface area contributed by atoms with Crippen LogP contribution in [0.3, 0.4) is 0 Å². The van der Waals surface area contributed by atoms with Gasteiger partial charge in [-0.3, -0.25) is 9.58 Å². The third kappa shape index (κ3) is 3.46. The van der Waals surface area contributed by atoms with E-state index in [1.807, 2.05) is 24.1 Å². The average molecular weight is 272 g/mol. The van der Waals surface area contributed by atoms with Crippen LogP contribution in [0.5, 0.6) is 0 Å². The van der Waals surface area contributed by atoms with E-state index in [4.69, 9.17) is 5.73 Å². The van der Waals surface area contributed by atoms with Gasteiger partial charge in [-0.1, -0.05) is 31.2 Å². The molecule has 0 aliphatic rings. The fourth-order valence-corrected chi connectivity index (χ4v) is 2.50. The molecule has 1 heterocycles. The van der Waals surface area contributed by atoms with E-state index in [1.54, 1.807) is 0 Å². The molecule has 1 unspecified atom stereocenters. The number of aromatic nitrogens is 2. The first kappa shape index (κ1) is 14.8. The molecular formula is C16H24N4. The minimum absolute atomic E-state index is 0.237. The zero-order chi connectivity index (χ0) is 14.5. The molecule has 2 aromatic rings. The molecule has 0 saturated carbocycles. The van der Waals surface area contributed by atoms with Crippen molar-refractivity contribution in [3.8, 4) is 0 Å². The number of nitrogens with two attached hydrogens (primary N) is 1. The summed E-state index contributed by atoms with van der Waals surface area (Å²) in [6, 6.07) is 9.00. The molecular weight excluding hydrogens is 248 g/mol. The molecule has 4 heteroatoms. The number of benzene rings is 1. The Morgan fingerprint density at radius 1 is 1.25 bits per heavy atom. The normalized spacial score (nSPS) is 12.8. The van der Waals surface area contributed by atoms with Crippen molar-refractivity contribution in [1.29, 1.82) is 0 Å². The van der Waals surface area contributed by atoms with E-state index in [1.165, 1.54) is 16.7 Å². The third-order valence-corrected chi connectivity index (χ3v) is 3.72. The SMILES string of the molecule is CCc1ccc(C(CN)N(C)Cc2cnn(C)c2)cc1. The van der Waals surface area contributed by atoms with E-state index in [0.717, 1.165) is 13.0 Å². The summed E-state index contributed by atoms with van der Waals surface area (Å²) in [4.78, 5) is 2.28. The van der Waals surface area contributed by atoms with Gasteiger partial charge in [0.1, 0.15) is 0 Å². The van der Waals surface area contributed by atoms with Crippen LogP contribution in [0.2, 0.25) is 0 Å². The van der Waals surface area contributed by atoms with Crippen LogP contribution in [0.25, 0.3) is 0 Å². The lowest BCUT2D eigenvalue weighted by atomic mass is 10.0. The number of aryl methyl sites for hydroxylation is 2. The maximum absolute atomic E-state index is 5.97. The third-order valence-electron chi connectivity index (χ3n) is 3.72. The van der Waals surface area contributed by atoms with Crippen LogP contribution in [0.1, 0.15) is 29.7 Å². The first-order valence-corrected chi connectivity index (χ1v) is 7.10. The number of likely N-dealkylation sites (N-methyl/N-ethyl adjacent to an activating group) is 1. The lowest BCUT2D eigenvalue weighted by Crippen LogP contribution is -2.30. The maximum atomic E-state index is 5.97. The second kappa shape index (κ2) is 6.68. The molecule has 2 rings (SSSR count). The van der Waals surface area contributed by atoms with Crippen molar-refractivity contribution in [2.45, 2.75) is 25.9 Å². The molecule has 0 aliphatic carbocycles. The van der Waals surface area contributed by atoms with Crippen LogP contribution in [-0.4, -0.2) is 28.3 Å². The van der Waals surface area contributed by atoms with Gasteiger partial charge in [-0.05, 0) is 24.6 Å². The van der Waals surface area contributed by atoms with Crippen molar-refractivity contribution in [3.05, 3.63) is 53.3 Å². The minimum atomic E-state index is 0.237. The van der Waals surface area contributed by atoms with Crippen molar-refractivity contribution in [2.75, 3.05) is 13.6 Å². The monoisotopic (exact) mass is 272 g/mol. The van der Waals surface area contributed by atoms with Crippen molar-refractivity contribution < 1.29 is 0 Å². The molecule has 1 atom stereocenters. The molecule has 2 N–H and O–H groups in total. The van der Waals surface area contributed by atoms with Crippen molar-refractivity contribution in [2.24, 2.45) is 12.8 Å². The highest BCUT2D eigenvalue weighted by molar-refractivity contribution is 5.25. The lowest BCUT2D eigenvalue weighted by molar-refractivity contribution is 0.241. The molecule has 0 bridgehead atoms. The summed E-state index contributed by atoms with van der Waals surface area (Å²) in [7, 11) is 4.05. The Bertz CT molecular complexity index is 530. The lowest BCUT2D eigenvalue weighted by Gasteiger charge is -2.27. The Morgan fingerprint density at radius 2 is 1.95 bits per heavy atom. The quantitative estimate of drug-likeness (QED) is 0.876. The standard InChI is InChI=1S/C16H24N4/c1-4-13-5-7-15(8-6-13)16(9-17)19(2)11-14-10-18-20(3)12-14/h5-8,10,12,16H,4,9,11,17H2,1-3H3. The Hall–Kier alpha value is -1.65. The van der Waals surface area contributed by atoms with Crippen molar-refractivity contribution in [1.82, 2.24) is 14.7 Å². The van der Waals surface area contributed by atoms with E-state index in [9.17, 15) is 0 Å². The minimum Gasteiger partial charge on any atom is -0.329 e. The number of hydrogen-bond donors (Lipinski definition) is 1. The summed E-state index contributed by atoms with van der Waals surface area (Å²) >= 11 is 0. The van der Waals surface area contributed by atoms with Gasteiger partial charge in [0, 0.05) is 37.9 Å². The Balaban J connectivity index is 2.09. The van der Waals surface area contributed by atoms with E-state index in [0.29, 0.717) is 6.54 Å². The van der Waals surface area contributed by atoms with Crippen LogP contribution in [-0.2, 0) is 20.0 Å². The van der Waals surface area contributed by atoms with Crippen LogP contribution >= 0.6 is 0 Å². The zero-order valence-corrected chi connectivity index (χ0v) is 12.6. The molecule has 0 saturated heterocycles. The maximum Gasteiger partial charge on any atom is 0.0534 e. The Morgan fingerprint density at radius 3 is 2.45 bits per heavy atom. The van der Waals surface area contributed by atoms with Gasteiger partial charge in [-0.15, -0.1) is 0 Å². The predicted molar refractivity (Wildman–Crippen MR) is 82.3 cm³/mol. The molecule has 0 radical (unpaired) electrons. The first-order chi connectivity index (χ1) is 9.63. The van der Waals surface area contributed by atoms with Gasteiger partial charge in [0.25, 0.3) is 0 Å². The van der Waals surface area contributed by atoms with Crippen molar-refractivity contribution in [3.63, 3.8) is 0 Å². The first-order valence-electron chi connectivity index (χ1n) is 7.10. The van der Waals surface area contributed by atoms with E-state index in [2.05, 4.69) is 48.2 Å². The van der Waals surface area contributed by atoms with Crippen LogP contribution < -0.4 is 5.73 Å². The predicted octanol–water partition coefficient (Wildman–Crippen LogP) is 2.11. The summed E-state index contributed by atoms with van der Waals surface area (Å²) < 4.78 is 1.83. The molecule has 0 spiro atoms. The number of hydrogen-bond acceptors (Lipinski definition) is 3. The molecule has 0 amide bonds. The highest BCUT2D eigenvalue weighted by Gasteiger charge is 2.16. The van der Waals surface area contributed by atoms with E-state index >= 15 is 0 Å². The molecule has 0 fully saturated rings. The Kier molecular flexibility index (Phi) is 4.93. The number of nitrogens with zero attached hydrogens (tertiary/aromatic N) is 3. The van der Waals surface area contributed by atoms with Gasteiger partial charge in [0.15, 0.2) is 0 Å². The van der Waals surface area contributed by atoms with Gasteiger partial charge in [-0.2, -0.15) is 5.10 Å². The van der Waals surface area contributed by atoms with Gasteiger partial charge in [0.2, 0.25) is 0 Å². The summed E-state index contributed by atoms with van der Waals surface area (Å²) in [5.41, 5.74) is 9.81. The molecule has 4 nitrogen and oxygen atoms in total. The van der Waals surface area contributed by atoms with Gasteiger partial charge < -0.3 is 5.73 Å². The zero-order valence-electron chi connectivity index (χ0n) is 12.6. The number of rotatable bonds is 6. The highest BCUT2D eigenvalue weighted by atomic mass is 15.2. The highest BCUT2D eigenvalue weighted by Crippen LogP contribution is 2.20. The fraction of sp³-hybridized carbons (Fsp3) is 0.438. The van der Waals surface area contributed by atoms with E-state index < -0.39 is 0 Å². The second-order valence-corrected chi connectivity index (χ2v) is 5.28. The second-order valence-electron chi connectivity index (χ2n) is 5.28. The molecule has 108 valence electrons. The summed E-state index contributed by atoms with van der Waals surface area (Å²) in [6.07, 6.45) is 5.02. The average Bonchev–Trinajstić information content (AvgIpc) is 2.85. The fourth-order valence-electron chi connectivity index (χ4n) is 2.50. The van der Waals surface area contributed by atoms with Crippen molar-refractivity contribution >= 4 is 0 Å². The smallest absolute Gasteiger partial charge is 0.0534 e. The molecule has 20 heavy (non-hydrogen) atoms. The molecule has 1 aromatic carbocycles. The Labute approximate surface area is 121 Å². The van der Waals surface area contributed by atoms with Crippen LogP contribution in [0, 0.1) is 0 Å². The topological polar surface area (TPSA) is 47.1 Å². The van der Waals surface area contributed by atoms with Gasteiger partial charge >= 0.3 is 0 Å². The van der Waals surface area contributed by atoms with Crippen LogP contribution in [0.15, 0.2) is 36.7 Å². The van der Waals surface area contributed by atoms with Gasteiger partial charge in [-0.25, -0.2) is 0 Å². The van der Waals surface area contributed by atoms with Crippen LogP contribution in [0.4, 0.5) is 0 Å². The molecule has 1 aromatic heterocycles. The summed E-state index contributed by atoms with van der Waals surface area (Å²) in [5, 5.41) is 4.21. The largest absolute Gasteiger partial charge is 0.329 e.